The fourth-order valence-corrected chi connectivity index (χ4v) is 4.84. The number of para-hydroxylation sites is 2. The molecule has 7 heteroatoms. The van der Waals surface area contributed by atoms with Gasteiger partial charge in [-0.1, -0.05) is 24.3 Å². The van der Waals surface area contributed by atoms with Gasteiger partial charge < -0.3 is 24.5 Å². The number of aromatic nitrogens is 2. The number of hydrogen-bond donors (Lipinski definition) is 3. The lowest BCUT2D eigenvalue weighted by Gasteiger charge is -2.21. The summed E-state index contributed by atoms with van der Waals surface area (Å²) in [6, 6.07) is 17.9. The predicted octanol–water partition coefficient (Wildman–Crippen LogP) is 2.79. The highest BCUT2D eigenvalue weighted by molar-refractivity contribution is 6.03. The lowest BCUT2D eigenvalue weighted by atomic mass is 10.0. The summed E-state index contributed by atoms with van der Waals surface area (Å²) in [6.45, 7) is -0.303. The third-order valence-corrected chi connectivity index (χ3v) is 6.41. The van der Waals surface area contributed by atoms with E-state index in [9.17, 15) is 19.8 Å². The molecule has 1 saturated heterocycles. The third kappa shape index (κ3) is 2.65. The molecule has 1 aliphatic rings. The first kappa shape index (κ1) is 19.2. The average molecular weight is 428 g/mol. The minimum Gasteiger partial charge on any atom is -0.394 e. The summed E-state index contributed by atoms with van der Waals surface area (Å²) in [5.41, 5.74) is 2.23. The van der Waals surface area contributed by atoms with Crippen molar-refractivity contribution in [3.05, 3.63) is 81.1 Å². The van der Waals surface area contributed by atoms with E-state index in [1.807, 2.05) is 34.9 Å². The average Bonchev–Trinajstić information content (AvgIpc) is 3.19. The fraction of sp³-hybridized carbons (Fsp3) is 0.200. The second-order valence-electron chi connectivity index (χ2n) is 8.25. The van der Waals surface area contributed by atoms with E-state index in [0.717, 1.165) is 0 Å². The first-order valence-corrected chi connectivity index (χ1v) is 10.5. The molecule has 1 fully saturated rings. The number of ether oxygens (including phenoxy) is 1. The molecule has 2 aromatic heterocycles. The molecule has 3 heterocycles. The molecule has 0 amide bonds. The molecule has 1 aliphatic heterocycles. The molecular weight excluding hydrogens is 408 g/mol. The van der Waals surface area contributed by atoms with E-state index in [1.54, 1.807) is 30.3 Å². The van der Waals surface area contributed by atoms with Gasteiger partial charge in [-0.25, -0.2) is 0 Å². The fourth-order valence-electron chi connectivity index (χ4n) is 4.84. The van der Waals surface area contributed by atoms with Gasteiger partial charge in [0.2, 0.25) is 0 Å². The molecular formula is C25H20N2O5. The van der Waals surface area contributed by atoms with Crippen molar-refractivity contribution in [2.24, 2.45) is 0 Å². The lowest BCUT2D eigenvalue weighted by Crippen LogP contribution is -2.24. The van der Waals surface area contributed by atoms with Crippen LogP contribution in [-0.4, -0.2) is 38.6 Å². The van der Waals surface area contributed by atoms with Crippen LogP contribution in [0.4, 0.5) is 0 Å². The van der Waals surface area contributed by atoms with Crippen LogP contribution in [0.25, 0.3) is 43.6 Å². The zero-order valence-corrected chi connectivity index (χ0v) is 17.0. The second-order valence-corrected chi connectivity index (χ2v) is 8.25. The minimum absolute atomic E-state index is 0.121. The Balaban J connectivity index is 1.77. The number of nitrogens with one attached hydrogen (secondary N) is 1. The molecule has 1 unspecified atom stereocenters. The number of rotatable bonds is 2. The SMILES string of the molecule is O=c1c2ccccc2[nH]c2cc3c(=O)c4ccccc4n([C@H]4CC(O)[C@@H](CO)O4)c3cc12. The molecule has 3 atom stereocenters. The molecule has 0 radical (unpaired) electrons. The summed E-state index contributed by atoms with van der Waals surface area (Å²) >= 11 is 0. The van der Waals surface area contributed by atoms with Crippen molar-refractivity contribution < 1.29 is 14.9 Å². The van der Waals surface area contributed by atoms with Crippen LogP contribution in [0, 0.1) is 0 Å². The number of aliphatic hydroxyl groups is 2. The molecule has 0 saturated carbocycles. The summed E-state index contributed by atoms with van der Waals surface area (Å²) in [5.74, 6) is 0. The Bertz CT molecular complexity index is 1650. The highest BCUT2D eigenvalue weighted by Gasteiger charge is 2.35. The van der Waals surface area contributed by atoms with Crippen molar-refractivity contribution in [2.45, 2.75) is 24.9 Å². The van der Waals surface area contributed by atoms with E-state index in [-0.39, 0.29) is 23.9 Å². The highest BCUT2D eigenvalue weighted by Crippen LogP contribution is 2.34. The maximum absolute atomic E-state index is 13.4. The van der Waals surface area contributed by atoms with E-state index in [2.05, 4.69) is 4.98 Å². The summed E-state index contributed by atoms with van der Waals surface area (Å²) in [6.07, 6.45) is -1.86. The normalized spacial score (nSPS) is 21.2. The molecule has 0 spiro atoms. The van der Waals surface area contributed by atoms with E-state index in [1.165, 1.54) is 0 Å². The van der Waals surface area contributed by atoms with Crippen LogP contribution >= 0.6 is 0 Å². The summed E-state index contributed by atoms with van der Waals surface area (Å²) < 4.78 is 7.81. The van der Waals surface area contributed by atoms with Gasteiger partial charge in [0.05, 0.1) is 29.3 Å². The van der Waals surface area contributed by atoms with E-state index >= 15 is 0 Å². The van der Waals surface area contributed by atoms with Crippen molar-refractivity contribution in [2.75, 3.05) is 6.61 Å². The van der Waals surface area contributed by atoms with Crippen molar-refractivity contribution in [3.8, 4) is 0 Å². The largest absolute Gasteiger partial charge is 0.394 e. The first-order chi connectivity index (χ1) is 15.6. The Kier molecular flexibility index (Phi) is 4.19. The summed E-state index contributed by atoms with van der Waals surface area (Å²) in [7, 11) is 0. The van der Waals surface area contributed by atoms with Crippen LogP contribution in [-0.2, 0) is 4.74 Å². The topological polar surface area (TPSA) is 105 Å². The van der Waals surface area contributed by atoms with Crippen molar-refractivity contribution in [1.29, 1.82) is 0 Å². The number of benzene rings is 3. The summed E-state index contributed by atoms with van der Waals surface area (Å²) in [4.78, 5) is 29.9. The number of pyridine rings is 2. The molecule has 160 valence electrons. The van der Waals surface area contributed by atoms with Crippen molar-refractivity contribution >= 4 is 43.6 Å². The van der Waals surface area contributed by atoms with Gasteiger partial charge in [-0.15, -0.1) is 0 Å². The van der Waals surface area contributed by atoms with Crippen molar-refractivity contribution in [3.63, 3.8) is 0 Å². The van der Waals surface area contributed by atoms with Gasteiger partial charge in [0.15, 0.2) is 10.9 Å². The Hall–Kier alpha value is -3.52. The zero-order chi connectivity index (χ0) is 22.0. The van der Waals surface area contributed by atoms with Gasteiger partial charge in [0.1, 0.15) is 12.3 Å². The number of hydrogen-bond acceptors (Lipinski definition) is 5. The lowest BCUT2D eigenvalue weighted by molar-refractivity contribution is -0.0417. The van der Waals surface area contributed by atoms with Crippen LogP contribution in [0.15, 0.2) is 70.3 Å². The number of H-pyrrole nitrogens is 1. The summed E-state index contributed by atoms with van der Waals surface area (Å²) in [5, 5.41) is 21.9. The maximum atomic E-state index is 13.4. The minimum atomic E-state index is -0.828. The number of nitrogens with zero attached hydrogens (tertiary/aromatic N) is 1. The molecule has 32 heavy (non-hydrogen) atoms. The van der Waals surface area contributed by atoms with Crippen LogP contribution < -0.4 is 10.9 Å². The van der Waals surface area contributed by atoms with Crippen LogP contribution in [0.3, 0.4) is 0 Å². The molecule has 0 aliphatic carbocycles. The van der Waals surface area contributed by atoms with E-state index in [0.29, 0.717) is 43.6 Å². The Morgan fingerprint density at radius 1 is 0.875 bits per heavy atom. The van der Waals surface area contributed by atoms with Gasteiger partial charge in [-0.05, 0) is 36.4 Å². The smallest absolute Gasteiger partial charge is 0.197 e. The maximum Gasteiger partial charge on any atom is 0.197 e. The Morgan fingerprint density at radius 2 is 1.59 bits per heavy atom. The van der Waals surface area contributed by atoms with Crippen LogP contribution in [0.1, 0.15) is 12.6 Å². The quantitative estimate of drug-likeness (QED) is 0.375. The predicted molar refractivity (Wildman–Crippen MR) is 123 cm³/mol. The van der Waals surface area contributed by atoms with Crippen molar-refractivity contribution in [1.82, 2.24) is 9.55 Å². The van der Waals surface area contributed by atoms with Crippen LogP contribution in [0.2, 0.25) is 0 Å². The Morgan fingerprint density at radius 3 is 2.38 bits per heavy atom. The monoisotopic (exact) mass is 428 g/mol. The van der Waals surface area contributed by atoms with Gasteiger partial charge in [-0.2, -0.15) is 0 Å². The third-order valence-electron chi connectivity index (χ3n) is 6.41. The number of aromatic amines is 1. The van der Waals surface area contributed by atoms with E-state index < -0.39 is 18.4 Å². The number of fused-ring (bicyclic) bond motifs is 4. The van der Waals surface area contributed by atoms with Gasteiger partial charge in [0, 0.05) is 33.5 Å². The zero-order valence-electron chi connectivity index (χ0n) is 17.0. The molecule has 3 N–H and O–H groups in total. The van der Waals surface area contributed by atoms with Gasteiger partial charge in [0.25, 0.3) is 0 Å². The highest BCUT2D eigenvalue weighted by atomic mass is 16.5. The Labute approximate surface area is 181 Å². The molecule has 6 rings (SSSR count). The van der Waals surface area contributed by atoms with E-state index in [4.69, 9.17) is 4.74 Å². The second kappa shape index (κ2) is 7.00. The standard InChI is InChI=1S/C25H20N2O5/c28-12-22-21(29)11-23(32-22)27-19-8-4-2-6-14(19)25(31)16-9-18-15(10-20(16)27)24(30)13-5-1-3-7-17(13)26-18/h1-10,21-23,28-29H,11-12H2,(H,26,30)/t21?,22-,23-/m1/s1. The van der Waals surface area contributed by atoms with Gasteiger partial charge >= 0.3 is 0 Å². The molecule has 3 aromatic carbocycles. The first-order valence-electron chi connectivity index (χ1n) is 10.5. The molecule has 0 bridgehead atoms. The number of aliphatic hydroxyl groups excluding tert-OH is 2. The molecule has 5 aromatic rings. The van der Waals surface area contributed by atoms with Crippen LogP contribution in [0.5, 0.6) is 0 Å². The molecule has 7 nitrogen and oxygen atoms in total. The van der Waals surface area contributed by atoms with Gasteiger partial charge in [-0.3, -0.25) is 9.59 Å².